The number of pyridine rings is 2. The van der Waals surface area contributed by atoms with Gasteiger partial charge in [-0.2, -0.15) is 0 Å². The molecule has 0 aromatic carbocycles. The topological polar surface area (TPSA) is 58.1 Å². The maximum absolute atomic E-state index is 12.5. The molecule has 2 aromatic rings. The first-order valence-electron chi connectivity index (χ1n) is 8.28. The Labute approximate surface area is 122 Å². The monoisotopic (exact) mass is 270 g/mol. The number of nitrogens with one attached hydrogen (secondary N) is 1. The maximum atomic E-state index is 12.5. The average molecular weight is 270 g/mol. The minimum absolute atomic E-state index is 0.210. The lowest BCUT2D eigenvalue weighted by Crippen LogP contribution is -2.22. The van der Waals surface area contributed by atoms with Crippen molar-refractivity contribution in [1.29, 1.82) is 0 Å². The third-order valence-electron chi connectivity index (χ3n) is 3.40. The maximum Gasteiger partial charge on any atom is 0.259 e. The van der Waals surface area contributed by atoms with Gasteiger partial charge in [0.15, 0.2) is 5.82 Å². The predicted octanol–water partition coefficient (Wildman–Crippen LogP) is 2.65. The van der Waals surface area contributed by atoms with Crippen molar-refractivity contribution in [3.63, 3.8) is 0 Å². The number of nitrogens with zero attached hydrogens (tertiary/aromatic N) is 3. The van der Waals surface area contributed by atoms with Gasteiger partial charge in [0, 0.05) is 23.9 Å². The number of aromatic nitrogens is 2. The molecule has 100 valence electrons. The number of rotatable bonds is 1. The molecule has 0 saturated heterocycles. The van der Waals surface area contributed by atoms with Crippen LogP contribution >= 0.6 is 0 Å². The Bertz CT molecular complexity index is 856. The Morgan fingerprint density at radius 3 is 2.90 bits per heavy atom. The number of anilines is 3. The molecule has 5 heteroatoms. The fourth-order valence-electron chi connectivity index (χ4n) is 2.34. The molecular formula is C15H14N4O. The second-order valence-electron chi connectivity index (χ2n) is 4.72. The Balaban J connectivity index is 2.01. The van der Waals surface area contributed by atoms with Crippen molar-refractivity contribution < 1.29 is 10.3 Å². The van der Waals surface area contributed by atoms with Gasteiger partial charge < -0.3 is 10.2 Å². The fourth-order valence-corrected chi connectivity index (χ4v) is 2.34. The molecule has 1 aliphatic carbocycles. The summed E-state index contributed by atoms with van der Waals surface area (Å²) in [6.45, 7) is 1.80. The zero-order valence-corrected chi connectivity index (χ0v) is 10.7. The van der Waals surface area contributed by atoms with E-state index in [4.69, 9.17) is 5.48 Å². The van der Waals surface area contributed by atoms with Crippen LogP contribution in [0.1, 0.15) is 34.2 Å². The molecule has 1 N–H and O–H groups in total. The zero-order valence-electron chi connectivity index (χ0n) is 14.7. The van der Waals surface area contributed by atoms with Crippen LogP contribution in [0.5, 0.6) is 0 Å². The van der Waals surface area contributed by atoms with Gasteiger partial charge in [0.25, 0.3) is 5.91 Å². The van der Waals surface area contributed by atoms with E-state index >= 15 is 0 Å². The second-order valence-corrected chi connectivity index (χ2v) is 4.72. The van der Waals surface area contributed by atoms with Gasteiger partial charge in [0.05, 0.1) is 11.3 Å². The fraction of sp³-hybridized carbons (Fsp3) is 0.267. The van der Waals surface area contributed by atoms with Crippen molar-refractivity contribution >= 4 is 23.2 Å². The number of hydrogen-bond acceptors (Lipinski definition) is 4. The minimum Gasteiger partial charge on any atom is -0.318 e. The minimum atomic E-state index is -2.07. The summed E-state index contributed by atoms with van der Waals surface area (Å²) in [6, 6.07) is 3.82. The highest BCUT2D eigenvalue weighted by molar-refractivity contribution is 6.11. The number of carbonyl (C=O) groups excluding carboxylic acids is 1. The standard InChI is InChI=1S/C15H14N4O/c1-9-6-8-17-14-12(9)18-15(20)11-3-2-7-16-13(11)19(14)10-4-5-10/h2-3,6-8,10H,4-5H2,1H3,(H,18,20)/i4D2,5D2. The van der Waals surface area contributed by atoms with E-state index in [2.05, 4.69) is 15.3 Å². The summed E-state index contributed by atoms with van der Waals surface area (Å²) in [5.41, 5.74) is 1.46. The Morgan fingerprint density at radius 1 is 1.30 bits per heavy atom. The molecule has 20 heavy (non-hydrogen) atoms. The highest BCUT2D eigenvalue weighted by Crippen LogP contribution is 2.43. The normalized spacial score (nSPS) is 25.1. The van der Waals surface area contributed by atoms with Gasteiger partial charge in [0.1, 0.15) is 5.82 Å². The largest absolute Gasteiger partial charge is 0.318 e. The second kappa shape index (κ2) is 4.03. The van der Waals surface area contributed by atoms with Crippen molar-refractivity contribution in [3.05, 3.63) is 41.7 Å². The van der Waals surface area contributed by atoms with Gasteiger partial charge in [-0.1, -0.05) is 0 Å². The first-order chi connectivity index (χ1) is 11.3. The number of carbonyl (C=O) groups is 1. The van der Waals surface area contributed by atoms with Gasteiger partial charge in [-0.05, 0) is 43.4 Å². The van der Waals surface area contributed by atoms with Crippen LogP contribution in [-0.4, -0.2) is 21.9 Å². The summed E-state index contributed by atoms with van der Waals surface area (Å²) in [6.07, 6.45) is -1.10. The average Bonchev–Trinajstić information content (AvgIpc) is 2.98. The molecule has 2 aromatic heterocycles. The summed E-state index contributed by atoms with van der Waals surface area (Å²) in [5.74, 6) is 0.137. The zero-order chi connectivity index (χ0) is 17.3. The van der Waals surface area contributed by atoms with Crippen LogP contribution in [-0.2, 0) is 0 Å². The van der Waals surface area contributed by atoms with E-state index in [1.165, 1.54) is 11.1 Å². The molecule has 0 bridgehead atoms. The van der Waals surface area contributed by atoms with Gasteiger partial charge in [-0.25, -0.2) is 9.97 Å². The highest BCUT2D eigenvalue weighted by Gasteiger charge is 2.37. The molecule has 1 amide bonds. The number of aryl methyl sites for hydroxylation is 1. The van der Waals surface area contributed by atoms with E-state index < -0.39 is 18.8 Å². The summed E-state index contributed by atoms with van der Waals surface area (Å²) >= 11 is 0. The molecule has 1 fully saturated rings. The molecular weight excluding hydrogens is 252 g/mol. The molecule has 5 nitrogen and oxygen atoms in total. The number of fused-ring (bicyclic) bond motifs is 2. The molecule has 0 radical (unpaired) electrons. The molecule has 0 unspecified atom stereocenters. The van der Waals surface area contributed by atoms with Crippen LogP contribution < -0.4 is 10.2 Å². The van der Waals surface area contributed by atoms with E-state index in [1.54, 1.807) is 31.3 Å². The lowest BCUT2D eigenvalue weighted by atomic mass is 10.2. The molecule has 3 heterocycles. The van der Waals surface area contributed by atoms with E-state index in [0.717, 1.165) is 5.56 Å². The molecule has 1 aliphatic heterocycles. The number of amides is 1. The van der Waals surface area contributed by atoms with Gasteiger partial charge >= 0.3 is 0 Å². The van der Waals surface area contributed by atoms with Crippen LogP contribution in [0.15, 0.2) is 30.6 Å². The summed E-state index contributed by atoms with van der Waals surface area (Å²) in [7, 11) is 0. The molecule has 4 rings (SSSR count). The van der Waals surface area contributed by atoms with Crippen LogP contribution in [0.2, 0.25) is 0 Å². The van der Waals surface area contributed by atoms with Crippen molar-refractivity contribution in [2.24, 2.45) is 0 Å². The van der Waals surface area contributed by atoms with Crippen LogP contribution in [0.3, 0.4) is 0 Å². The molecule has 1 saturated carbocycles. The van der Waals surface area contributed by atoms with Crippen molar-refractivity contribution in [2.45, 2.75) is 25.7 Å². The summed E-state index contributed by atoms with van der Waals surface area (Å²) in [5, 5.41) is 2.79. The van der Waals surface area contributed by atoms with E-state index in [-0.39, 0.29) is 17.3 Å². The highest BCUT2D eigenvalue weighted by atomic mass is 16.1. The van der Waals surface area contributed by atoms with E-state index in [0.29, 0.717) is 11.5 Å². The third-order valence-corrected chi connectivity index (χ3v) is 3.40. The van der Waals surface area contributed by atoms with Gasteiger partial charge in [-0.15, -0.1) is 0 Å². The quantitative estimate of drug-likeness (QED) is 0.865. The van der Waals surface area contributed by atoms with Crippen LogP contribution in [0, 0.1) is 6.92 Å². The number of hydrogen-bond donors (Lipinski definition) is 1. The van der Waals surface area contributed by atoms with Crippen molar-refractivity contribution in [2.75, 3.05) is 10.2 Å². The molecule has 0 spiro atoms. The van der Waals surface area contributed by atoms with E-state index in [9.17, 15) is 4.79 Å². The van der Waals surface area contributed by atoms with Crippen molar-refractivity contribution in [3.8, 4) is 0 Å². The first-order valence-corrected chi connectivity index (χ1v) is 6.28. The first kappa shape index (κ1) is 7.99. The Kier molecular flexibility index (Phi) is 1.61. The van der Waals surface area contributed by atoms with Crippen LogP contribution in [0.25, 0.3) is 0 Å². The van der Waals surface area contributed by atoms with Crippen LogP contribution in [0.4, 0.5) is 17.3 Å². The summed E-state index contributed by atoms with van der Waals surface area (Å²) < 4.78 is 32.0. The summed E-state index contributed by atoms with van der Waals surface area (Å²) in [4.78, 5) is 22.5. The molecule has 0 atom stereocenters. The SMILES string of the molecule is [2H]C1([2H])C(N2c3ncccc3C(=O)Nc3c(C)ccnc32)C1([2H])[2H]. The Morgan fingerprint density at radius 2 is 2.10 bits per heavy atom. The van der Waals surface area contributed by atoms with Gasteiger partial charge in [-0.3, -0.25) is 4.79 Å². The van der Waals surface area contributed by atoms with E-state index in [1.807, 2.05) is 0 Å². The van der Waals surface area contributed by atoms with Crippen molar-refractivity contribution in [1.82, 2.24) is 9.97 Å². The van der Waals surface area contributed by atoms with Gasteiger partial charge in [0.2, 0.25) is 0 Å². The lowest BCUT2D eigenvalue weighted by molar-refractivity contribution is 0.102. The molecule has 2 aliphatic rings. The third kappa shape index (κ3) is 1.59. The predicted molar refractivity (Wildman–Crippen MR) is 76.3 cm³/mol. The Hall–Kier alpha value is -2.43. The lowest BCUT2D eigenvalue weighted by Gasteiger charge is -2.23. The smallest absolute Gasteiger partial charge is 0.259 e.